The van der Waals surface area contributed by atoms with Crippen LogP contribution in [-0.2, 0) is 14.3 Å². The van der Waals surface area contributed by atoms with Crippen molar-refractivity contribution in [2.24, 2.45) is 5.41 Å². The quantitative estimate of drug-likeness (QED) is 0.725. The second-order valence-corrected chi connectivity index (χ2v) is 5.90. The van der Waals surface area contributed by atoms with Crippen molar-refractivity contribution in [1.29, 1.82) is 0 Å². The zero-order chi connectivity index (χ0) is 12.5. The summed E-state index contributed by atoms with van der Waals surface area (Å²) in [6.07, 6.45) is 1.30. The van der Waals surface area contributed by atoms with Gasteiger partial charge in [-0.05, 0) is 20.3 Å². The van der Waals surface area contributed by atoms with Crippen molar-refractivity contribution < 1.29 is 14.3 Å². The van der Waals surface area contributed by atoms with Crippen LogP contribution in [-0.4, -0.2) is 48.8 Å². The summed E-state index contributed by atoms with van der Waals surface area (Å²) < 4.78 is 11.3. The van der Waals surface area contributed by atoms with E-state index in [1.54, 1.807) is 0 Å². The largest absolute Gasteiger partial charge is 0.350 e. The lowest BCUT2D eigenvalue weighted by Gasteiger charge is -2.54. The number of amides is 1. The molecule has 2 heterocycles. The van der Waals surface area contributed by atoms with Crippen LogP contribution in [0.5, 0.6) is 0 Å². The molecule has 2 rings (SSSR count). The zero-order valence-corrected chi connectivity index (χ0v) is 11.3. The predicted molar refractivity (Wildman–Crippen MR) is 65.0 cm³/mol. The molecule has 17 heavy (non-hydrogen) atoms. The van der Waals surface area contributed by atoms with Gasteiger partial charge in [-0.3, -0.25) is 4.79 Å². The topological polar surface area (TPSA) is 38.8 Å². The fourth-order valence-corrected chi connectivity index (χ4v) is 2.37. The predicted octanol–water partition coefficient (Wildman–Crippen LogP) is 1.62. The SMILES string of the molecule is CC1(C)OCC2(CO1)CN(C(=O)CCCCl)C2. The molecule has 0 aromatic heterocycles. The van der Waals surface area contributed by atoms with Crippen LogP contribution >= 0.6 is 11.6 Å². The van der Waals surface area contributed by atoms with E-state index in [0.29, 0.717) is 25.5 Å². The fraction of sp³-hybridized carbons (Fsp3) is 0.917. The first kappa shape index (κ1) is 13.1. The van der Waals surface area contributed by atoms with E-state index in [0.717, 1.165) is 19.5 Å². The van der Waals surface area contributed by atoms with E-state index in [1.807, 2.05) is 18.7 Å². The molecule has 0 unspecified atom stereocenters. The van der Waals surface area contributed by atoms with Gasteiger partial charge < -0.3 is 14.4 Å². The summed E-state index contributed by atoms with van der Waals surface area (Å²) in [5.41, 5.74) is 0.0339. The Balaban J connectivity index is 1.77. The summed E-state index contributed by atoms with van der Waals surface area (Å²) in [7, 11) is 0. The van der Waals surface area contributed by atoms with Gasteiger partial charge in [0.1, 0.15) is 0 Å². The van der Waals surface area contributed by atoms with Gasteiger partial charge in [-0.25, -0.2) is 0 Å². The normalized spacial score (nSPS) is 25.7. The number of carbonyl (C=O) groups is 1. The summed E-state index contributed by atoms with van der Waals surface area (Å²) in [5, 5.41) is 0. The first-order valence-electron chi connectivity index (χ1n) is 6.08. The number of alkyl halides is 1. The lowest BCUT2D eigenvalue weighted by molar-refractivity contribution is -0.302. The van der Waals surface area contributed by atoms with Crippen molar-refractivity contribution in [2.75, 3.05) is 32.2 Å². The van der Waals surface area contributed by atoms with Crippen molar-refractivity contribution in [1.82, 2.24) is 4.90 Å². The minimum absolute atomic E-state index is 0.0339. The lowest BCUT2D eigenvalue weighted by atomic mass is 9.80. The van der Waals surface area contributed by atoms with Crippen LogP contribution < -0.4 is 0 Å². The number of rotatable bonds is 3. The molecular formula is C12H20ClNO3. The third kappa shape index (κ3) is 2.92. The minimum Gasteiger partial charge on any atom is -0.350 e. The highest BCUT2D eigenvalue weighted by Gasteiger charge is 2.49. The average molecular weight is 262 g/mol. The Morgan fingerprint density at radius 2 is 1.88 bits per heavy atom. The van der Waals surface area contributed by atoms with E-state index in [4.69, 9.17) is 21.1 Å². The van der Waals surface area contributed by atoms with Gasteiger partial charge in [-0.15, -0.1) is 11.6 Å². The first-order valence-corrected chi connectivity index (χ1v) is 6.62. The highest BCUT2D eigenvalue weighted by Crippen LogP contribution is 2.37. The third-order valence-electron chi connectivity index (χ3n) is 3.38. The summed E-state index contributed by atoms with van der Waals surface area (Å²) in [4.78, 5) is 13.6. The standard InChI is InChI=1S/C12H20ClNO3/c1-11(2)16-8-12(9-17-11)6-14(7-12)10(15)4-3-5-13/h3-9H2,1-2H3. The third-order valence-corrected chi connectivity index (χ3v) is 3.65. The summed E-state index contributed by atoms with van der Waals surface area (Å²) in [5.74, 6) is 0.264. The van der Waals surface area contributed by atoms with Gasteiger partial charge in [-0.2, -0.15) is 0 Å². The molecule has 0 aromatic carbocycles. The van der Waals surface area contributed by atoms with E-state index >= 15 is 0 Å². The maximum absolute atomic E-state index is 11.7. The second kappa shape index (κ2) is 4.75. The molecule has 0 radical (unpaired) electrons. The van der Waals surface area contributed by atoms with Crippen molar-refractivity contribution in [3.05, 3.63) is 0 Å². The van der Waals surface area contributed by atoms with Crippen LogP contribution in [0.25, 0.3) is 0 Å². The molecule has 0 aromatic rings. The Morgan fingerprint density at radius 3 is 2.41 bits per heavy atom. The Morgan fingerprint density at radius 1 is 1.29 bits per heavy atom. The number of carbonyl (C=O) groups excluding carboxylic acids is 1. The number of hydrogen-bond acceptors (Lipinski definition) is 3. The molecule has 4 nitrogen and oxygen atoms in total. The van der Waals surface area contributed by atoms with Crippen molar-refractivity contribution in [2.45, 2.75) is 32.5 Å². The Hall–Kier alpha value is -0.320. The van der Waals surface area contributed by atoms with E-state index in [9.17, 15) is 4.79 Å². The number of nitrogens with zero attached hydrogens (tertiary/aromatic N) is 1. The molecule has 0 atom stereocenters. The smallest absolute Gasteiger partial charge is 0.222 e. The maximum atomic E-state index is 11.7. The van der Waals surface area contributed by atoms with E-state index in [1.165, 1.54) is 0 Å². The Bertz CT molecular complexity index is 288. The van der Waals surface area contributed by atoms with Gasteiger partial charge in [0.15, 0.2) is 5.79 Å². The molecule has 1 spiro atoms. The lowest BCUT2D eigenvalue weighted by Crippen LogP contribution is -2.65. The molecule has 1 amide bonds. The molecule has 0 saturated carbocycles. The maximum Gasteiger partial charge on any atom is 0.222 e. The molecule has 5 heteroatoms. The monoisotopic (exact) mass is 261 g/mol. The van der Waals surface area contributed by atoms with Crippen molar-refractivity contribution in [3.63, 3.8) is 0 Å². The van der Waals surface area contributed by atoms with Gasteiger partial charge in [-0.1, -0.05) is 0 Å². The molecule has 0 N–H and O–H groups in total. The molecule has 2 fully saturated rings. The average Bonchev–Trinajstić information content (AvgIpc) is 2.23. The van der Waals surface area contributed by atoms with Crippen LogP contribution in [0.2, 0.25) is 0 Å². The van der Waals surface area contributed by atoms with Crippen LogP contribution in [0.1, 0.15) is 26.7 Å². The molecular weight excluding hydrogens is 242 g/mol. The van der Waals surface area contributed by atoms with Crippen molar-refractivity contribution in [3.8, 4) is 0 Å². The summed E-state index contributed by atoms with van der Waals surface area (Å²) in [6, 6.07) is 0. The van der Waals surface area contributed by atoms with Crippen LogP contribution in [0.3, 0.4) is 0 Å². The van der Waals surface area contributed by atoms with Crippen LogP contribution in [0.4, 0.5) is 0 Å². The molecule has 2 aliphatic heterocycles. The molecule has 0 bridgehead atoms. The van der Waals surface area contributed by atoms with Gasteiger partial charge in [0.25, 0.3) is 0 Å². The number of halogens is 1. The number of hydrogen-bond donors (Lipinski definition) is 0. The molecule has 98 valence electrons. The molecule has 2 saturated heterocycles. The minimum atomic E-state index is -0.478. The highest BCUT2D eigenvalue weighted by molar-refractivity contribution is 6.17. The van der Waals surface area contributed by atoms with Gasteiger partial charge in [0.05, 0.1) is 18.6 Å². The highest BCUT2D eigenvalue weighted by atomic mass is 35.5. The Kier molecular flexibility index (Phi) is 3.66. The summed E-state index contributed by atoms with van der Waals surface area (Å²) in [6.45, 7) is 6.71. The van der Waals surface area contributed by atoms with Gasteiger partial charge in [0, 0.05) is 25.4 Å². The first-order chi connectivity index (χ1) is 7.96. The fourth-order valence-electron chi connectivity index (χ4n) is 2.24. The van der Waals surface area contributed by atoms with Gasteiger partial charge in [0.2, 0.25) is 5.91 Å². The Labute approximate surface area is 107 Å². The van der Waals surface area contributed by atoms with E-state index in [2.05, 4.69) is 0 Å². The second-order valence-electron chi connectivity index (χ2n) is 5.52. The summed E-state index contributed by atoms with van der Waals surface area (Å²) >= 11 is 5.57. The van der Waals surface area contributed by atoms with Crippen LogP contribution in [0, 0.1) is 5.41 Å². The molecule has 0 aliphatic carbocycles. The van der Waals surface area contributed by atoms with Crippen molar-refractivity contribution >= 4 is 17.5 Å². The van der Waals surface area contributed by atoms with Crippen LogP contribution in [0.15, 0.2) is 0 Å². The molecule has 2 aliphatic rings. The van der Waals surface area contributed by atoms with Gasteiger partial charge >= 0.3 is 0 Å². The number of ether oxygens (including phenoxy) is 2. The number of likely N-dealkylation sites (tertiary alicyclic amines) is 1. The zero-order valence-electron chi connectivity index (χ0n) is 10.5. The van der Waals surface area contributed by atoms with E-state index in [-0.39, 0.29) is 11.3 Å². The van der Waals surface area contributed by atoms with E-state index < -0.39 is 5.79 Å².